The van der Waals surface area contributed by atoms with Crippen LogP contribution < -0.4 is 5.32 Å². The molecular formula is C24H21N3O. The molecule has 0 saturated carbocycles. The number of hydrogen-bond acceptors (Lipinski definition) is 2. The Hall–Kier alpha value is -3.66. The third-order valence-corrected chi connectivity index (χ3v) is 4.55. The summed E-state index contributed by atoms with van der Waals surface area (Å²) in [5, 5.41) is 2.89. The molecule has 0 saturated heterocycles. The standard InChI is InChI=1S/C24H21N3O/c28-24(25-20-14-8-3-9-15-20)23-26-21(16-18-10-4-1-5-11-18)22(27-23)17-19-12-6-2-7-13-19/h1-15H,16-17H2,(H,25,28)(H,26,27). The van der Waals surface area contributed by atoms with Gasteiger partial charge in [0.05, 0.1) is 5.69 Å². The molecular weight excluding hydrogens is 346 g/mol. The van der Waals surface area contributed by atoms with Crippen molar-refractivity contribution in [3.8, 4) is 0 Å². The Kier molecular flexibility index (Phi) is 5.29. The number of H-pyrrole nitrogens is 1. The van der Waals surface area contributed by atoms with Gasteiger partial charge in [-0.1, -0.05) is 78.9 Å². The lowest BCUT2D eigenvalue weighted by Crippen LogP contribution is -2.13. The van der Waals surface area contributed by atoms with E-state index in [9.17, 15) is 4.79 Å². The van der Waals surface area contributed by atoms with Crippen LogP contribution in [0.1, 0.15) is 33.1 Å². The van der Waals surface area contributed by atoms with Crippen molar-refractivity contribution in [3.63, 3.8) is 0 Å². The molecule has 138 valence electrons. The zero-order chi connectivity index (χ0) is 19.2. The topological polar surface area (TPSA) is 57.8 Å². The van der Waals surface area contributed by atoms with E-state index in [2.05, 4.69) is 39.6 Å². The Bertz CT molecular complexity index is 982. The molecule has 1 aromatic heterocycles. The van der Waals surface area contributed by atoms with Gasteiger partial charge in [-0.15, -0.1) is 0 Å². The SMILES string of the molecule is O=C(Nc1ccccc1)c1nc(Cc2ccccc2)c(Cc2ccccc2)[nH]1. The molecule has 0 spiro atoms. The van der Waals surface area contributed by atoms with E-state index < -0.39 is 0 Å². The second-order valence-electron chi connectivity index (χ2n) is 6.66. The number of nitrogens with zero attached hydrogens (tertiary/aromatic N) is 1. The van der Waals surface area contributed by atoms with Crippen molar-refractivity contribution < 1.29 is 4.79 Å². The van der Waals surface area contributed by atoms with Crippen LogP contribution in [0.2, 0.25) is 0 Å². The summed E-state index contributed by atoms with van der Waals surface area (Å²) in [6.45, 7) is 0. The number of carbonyl (C=O) groups is 1. The fourth-order valence-corrected chi connectivity index (χ4v) is 3.15. The zero-order valence-corrected chi connectivity index (χ0v) is 15.4. The lowest BCUT2D eigenvalue weighted by Gasteiger charge is -2.03. The minimum absolute atomic E-state index is 0.236. The molecule has 0 bridgehead atoms. The summed E-state index contributed by atoms with van der Waals surface area (Å²) in [5.74, 6) is 0.0977. The highest BCUT2D eigenvalue weighted by Crippen LogP contribution is 2.17. The molecule has 0 radical (unpaired) electrons. The third kappa shape index (κ3) is 4.35. The van der Waals surface area contributed by atoms with Crippen molar-refractivity contribution in [3.05, 3.63) is 119 Å². The van der Waals surface area contributed by atoms with E-state index in [1.54, 1.807) is 0 Å². The second-order valence-corrected chi connectivity index (χ2v) is 6.66. The van der Waals surface area contributed by atoms with Crippen molar-refractivity contribution in [1.29, 1.82) is 0 Å². The molecule has 1 amide bonds. The number of rotatable bonds is 6. The molecule has 0 unspecified atom stereocenters. The number of hydrogen-bond donors (Lipinski definition) is 2. The molecule has 0 aliphatic rings. The van der Waals surface area contributed by atoms with E-state index in [-0.39, 0.29) is 5.91 Å². The first kappa shape index (κ1) is 17.7. The van der Waals surface area contributed by atoms with E-state index in [1.165, 1.54) is 11.1 Å². The highest BCUT2D eigenvalue weighted by atomic mass is 16.2. The maximum Gasteiger partial charge on any atom is 0.291 e. The number of imidazole rings is 1. The summed E-state index contributed by atoms with van der Waals surface area (Å²) in [7, 11) is 0. The van der Waals surface area contributed by atoms with Gasteiger partial charge < -0.3 is 10.3 Å². The van der Waals surface area contributed by atoms with Gasteiger partial charge in [0.25, 0.3) is 5.91 Å². The van der Waals surface area contributed by atoms with Gasteiger partial charge in [-0.2, -0.15) is 0 Å². The number of anilines is 1. The first-order chi connectivity index (χ1) is 13.8. The molecule has 4 aromatic rings. The average molecular weight is 367 g/mol. The van der Waals surface area contributed by atoms with Gasteiger partial charge in [-0.25, -0.2) is 4.98 Å². The molecule has 2 N–H and O–H groups in total. The van der Waals surface area contributed by atoms with Gasteiger partial charge in [-0.05, 0) is 23.3 Å². The van der Waals surface area contributed by atoms with Crippen LogP contribution in [0.4, 0.5) is 5.69 Å². The number of aromatic nitrogens is 2. The maximum absolute atomic E-state index is 12.7. The van der Waals surface area contributed by atoms with Crippen LogP contribution in [-0.4, -0.2) is 15.9 Å². The second kappa shape index (κ2) is 8.35. The Morgan fingerprint density at radius 1 is 0.750 bits per heavy atom. The van der Waals surface area contributed by atoms with Crippen LogP contribution >= 0.6 is 0 Å². The highest BCUT2D eigenvalue weighted by molar-refractivity contribution is 6.01. The van der Waals surface area contributed by atoms with E-state index in [1.807, 2.05) is 66.7 Å². The first-order valence-electron chi connectivity index (χ1n) is 9.30. The fourth-order valence-electron chi connectivity index (χ4n) is 3.15. The molecule has 4 heteroatoms. The van der Waals surface area contributed by atoms with Gasteiger partial charge in [0.1, 0.15) is 0 Å². The molecule has 0 aliphatic carbocycles. The normalized spacial score (nSPS) is 10.6. The van der Waals surface area contributed by atoms with Crippen LogP contribution in [0.15, 0.2) is 91.0 Å². The lowest BCUT2D eigenvalue weighted by atomic mass is 10.0. The van der Waals surface area contributed by atoms with Crippen molar-refractivity contribution in [2.45, 2.75) is 12.8 Å². The van der Waals surface area contributed by atoms with E-state index >= 15 is 0 Å². The van der Waals surface area contributed by atoms with Crippen LogP contribution in [-0.2, 0) is 12.8 Å². The van der Waals surface area contributed by atoms with Crippen LogP contribution in [0, 0.1) is 0 Å². The number of benzene rings is 3. The van der Waals surface area contributed by atoms with Gasteiger partial charge in [0, 0.05) is 24.2 Å². The summed E-state index contributed by atoms with van der Waals surface area (Å²) in [5.41, 5.74) is 4.95. The number of amides is 1. The molecule has 0 atom stereocenters. The predicted molar refractivity (Wildman–Crippen MR) is 111 cm³/mol. The Balaban J connectivity index is 1.62. The largest absolute Gasteiger partial charge is 0.337 e. The summed E-state index contributed by atoms with van der Waals surface area (Å²) in [6, 6.07) is 29.8. The van der Waals surface area contributed by atoms with Gasteiger partial charge in [0.15, 0.2) is 5.82 Å². The predicted octanol–water partition coefficient (Wildman–Crippen LogP) is 4.84. The number of para-hydroxylation sites is 1. The number of nitrogens with one attached hydrogen (secondary N) is 2. The number of aromatic amines is 1. The zero-order valence-electron chi connectivity index (χ0n) is 15.4. The first-order valence-corrected chi connectivity index (χ1v) is 9.30. The molecule has 1 heterocycles. The van der Waals surface area contributed by atoms with Crippen molar-refractivity contribution in [2.75, 3.05) is 5.32 Å². The minimum atomic E-state index is -0.236. The smallest absolute Gasteiger partial charge is 0.291 e. The van der Waals surface area contributed by atoms with Crippen LogP contribution in [0.5, 0.6) is 0 Å². The van der Waals surface area contributed by atoms with Gasteiger partial charge >= 0.3 is 0 Å². The summed E-state index contributed by atoms with van der Waals surface area (Å²) in [4.78, 5) is 20.6. The van der Waals surface area contributed by atoms with Crippen LogP contribution in [0.3, 0.4) is 0 Å². The van der Waals surface area contributed by atoms with E-state index in [0.717, 1.165) is 17.1 Å². The van der Waals surface area contributed by atoms with Crippen molar-refractivity contribution in [2.24, 2.45) is 0 Å². The quantitative estimate of drug-likeness (QED) is 0.512. The third-order valence-electron chi connectivity index (χ3n) is 4.55. The molecule has 0 fully saturated rings. The molecule has 4 nitrogen and oxygen atoms in total. The molecule has 3 aromatic carbocycles. The number of carbonyl (C=O) groups excluding carboxylic acids is 1. The highest BCUT2D eigenvalue weighted by Gasteiger charge is 2.17. The summed E-state index contributed by atoms with van der Waals surface area (Å²) >= 11 is 0. The summed E-state index contributed by atoms with van der Waals surface area (Å²) < 4.78 is 0. The average Bonchev–Trinajstić information content (AvgIpc) is 3.13. The minimum Gasteiger partial charge on any atom is -0.337 e. The Morgan fingerprint density at radius 2 is 1.29 bits per heavy atom. The van der Waals surface area contributed by atoms with Crippen molar-refractivity contribution in [1.82, 2.24) is 9.97 Å². The van der Waals surface area contributed by atoms with Crippen LogP contribution in [0.25, 0.3) is 0 Å². The molecule has 4 rings (SSSR count). The van der Waals surface area contributed by atoms with E-state index in [4.69, 9.17) is 0 Å². The van der Waals surface area contributed by atoms with Crippen molar-refractivity contribution >= 4 is 11.6 Å². The van der Waals surface area contributed by atoms with Gasteiger partial charge in [0.2, 0.25) is 0 Å². The summed E-state index contributed by atoms with van der Waals surface area (Å²) in [6.07, 6.45) is 1.38. The fraction of sp³-hybridized carbons (Fsp3) is 0.0833. The van der Waals surface area contributed by atoms with E-state index in [0.29, 0.717) is 18.7 Å². The molecule has 0 aliphatic heterocycles. The monoisotopic (exact) mass is 367 g/mol. The maximum atomic E-state index is 12.7. The Morgan fingerprint density at radius 3 is 1.89 bits per heavy atom. The Labute approximate surface area is 164 Å². The lowest BCUT2D eigenvalue weighted by molar-refractivity contribution is 0.101. The molecule has 28 heavy (non-hydrogen) atoms. The van der Waals surface area contributed by atoms with Gasteiger partial charge in [-0.3, -0.25) is 4.79 Å².